The first-order chi connectivity index (χ1) is 18.8. The predicted molar refractivity (Wildman–Crippen MR) is 139 cm³/mol. The van der Waals surface area contributed by atoms with Crippen LogP contribution < -0.4 is 20.1 Å². The lowest BCUT2D eigenvalue weighted by atomic mass is 10.1. The van der Waals surface area contributed by atoms with Crippen molar-refractivity contribution in [3.8, 4) is 17.2 Å². The number of fused-ring (bicyclic) bond motifs is 13. The Hall–Kier alpha value is -4.41. The molecule has 2 aromatic carbocycles. The van der Waals surface area contributed by atoms with Crippen LogP contribution >= 0.6 is 0 Å². The van der Waals surface area contributed by atoms with Gasteiger partial charge in [-0.15, -0.1) is 0 Å². The number of methoxy groups -OCH3 is 1. The fraction of sp³-hybridized carbons (Fsp3) is 0.357. The van der Waals surface area contributed by atoms with Crippen LogP contribution in [-0.2, 0) is 11.3 Å². The lowest BCUT2D eigenvalue weighted by Gasteiger charge is -2.22. The molecule has 11 heteroatoms. The third-order valence-corrected chi connectivity index (χ3v) is 6.29. The number of benzene rings is 2. The van der Waals surface area contributed by atoms with Crippen LogP contribution in [0, 0.1) is 19.7 Å². The number of hydrogen-bond donors (Lipinski definition) is 2. The Morgan fingerprint density at radius 2 is 1.87 bits per heavy atom. The molecule has 10 nitrogen and oxygen atoms in total. The third-order valence-electron chi connectivity index (χ3n) is 6.29. The standard InChI is InChI=1S/C28H31FN4O6/c1-17-26(38-18(2)32-17)28(36)33-13-5-9-25(34)31-16-20-21(29)7-4-8-22(20)39-23-11-10-19(15-24(23)37-3)27(35)30-12-6-14-33/h4,7-8,10-11,15H,5-6,9,12-14,16H2,1-3H3,(H,30,35)(H,31,34). The van der Waals surface area contributed by atoms with Crippen LogP contribution in [-0.4, -0.2) is 54.3 Å². The third kappa shape index (κ3) is 6.73. The topological polar surface area (TPSA) is 123 Å². The molecule has 0 radical (unpaired) electrons. The molecule has 5 rings (SSSR count). The number of hydrogen-bond acceptors (Lipinski definition) is 7. The van der Waals surface area contributed by atoms with Gasteiger partial charge in [-0.25, -0.2) is 9.37 Å². The van der Waals surface area contributed by atoms with Gasteiger partial charge < -0.3 is 29.4 Å². The van der Waals surface area contributed by atoms with E-state index >= 15 is 0 Å². The number of rotatable bonds is 2. The van der Waals surface area contributed by atoms with Gasteiger partial charge >= 0.3 is 0 Å². The summed E-state index contributed by atoms with van der Waals surface area (Å²) in [6, 6.07) is 9.05. The molecule has 2 aliphatic heterocycles. The van der Waals surface area contributed by atoms with Crippen LogP contribution in [0.5, 0.6) is 17.2 Å². The van der Waals surface area contributed by atoms with E-state index in [4.69, 9.17) is 13.9 Å². The van der Waals surface area contributed by atoms with E-state index in [0.717, 1.165) is 0 Å². The Morgan fingerprint density at radius 3 is 2.62 bits per heavy atom. The molecule has 3 amide bonds. The summed E-state index contributed by atoms with van der Waals surface area (Å²) < 4.78 is 31.6. The molecule has 39 heavy (non-hydrogen) atoms. The SMILES string of the molecule is COc1cc2ccc1Oc1cccc(F)c1CNC(=O)CCCN(C(=O)c1oc(C)nc1C)CCCNC2=O. The van der Waals surface area contributed by atoms with Crippen molar-refractivity contribution < 1.29 is 32.7 Å². The van der Waals surface area contributed by atoms with Gasteiger partial charge in [-0.2, -0.15) is 0 Å². The summed E-state index contributed by atoms with van der Waals surface area (Å²) in [5.74, 6) is -0.169. The average Bonchev–Trinajstić information content (AvgIpc) is 3.26. The molecule has 0 saturated carbocycles. The Labute approximate surface area is 225 Å². The second-order valence-electron chi connectivity index (χ2n) is 9.11. The van der Waals surface area contributed by atoms with Gasteiger partial charge in [0.2, 0.25) is 11.7 Å². The monoisotopic (exact) mass is 538 g/mol. The number of halogens is 1. The molecule has 2 N–H and O–H groups in total. The largest absolute Gasteiger partial charge is 0.493 e. The molecule has 1 aromatic heterocycles. The molecular formula is C28H31FN4O6. The maximum Gasteiger partial charge on any atom is 0.291 e. The zero-order valence-corrected chi connectivity index (χ0v) is 22.1. The molecule has 2 bridgehead atoms. The summed E-state index contributed by atoms with van der Waals surface area (Å²) in [5.41, 5.74) is 1.00. The molecular weight excluding hydrogens is 507 g/mol. The minimum atomic E-state index is -0.539. The molecule has 3 heterocycles. The van der Waals surface area contributed by atoms with Gasteiger partial charge in [-0.05, 0) is 50.1 Å². The average molecular weight is 539 g/mol. The molecule has 0 unspecified atom stereocenters. The minimum absolute atomic E-state index is 0.0944. The van der Waals surface area contributed by atoms with Crippen LogP contribution in [0.25, 0.3) is 0 Å². The quantitative estimate of drug-likeness (QED) is 0.507. The molecule has 0 spiro atoms. The summed E-state index contributed by atoms with van der Waals surface area (Å²) in [6.45, 7) is 4.19. The van der Waals surface area contributed by atoms with Crippen LogP contribution in [0.1, 0.15) is 57.3 Å². The van der Waals surface area contributed by atoms with Gasteiger partial charge in [0.25, 0.3) is 11.8 Å². The van der Waals surface area contributed by atoms with E-state index in [2.05, 4.69) is 15.6 Å². The van der Waals surface area contributed by atoms with E-state index in [1.165, 1.54) is 25.3 Å². The van der Waals surface area contributed by atoms with E-state index in [1.54, 1.807) is 36.9 Å². The molecule has 206 valence electrons. The highest BCUT2D eigenvalue weighted by atomic mass is 19.1. The number of amides is 3. The smallest absolute Gasteiger partial charge is 0.291 e. The summed E-state index contributed by atoms with van der Waals surface area (Å²) in [6.07, 6.45) is 0.967. The van der Waals surface area contributed by atoms with E-state index in [-0.39, 0.29) is 65.8 Å². The van der Waals surface area contributed by atoms with Crippen molar-refractivity contribution in [2.45, 2.75) is 39.7 Å². The molecule has 0 fully saturated rings. The molecule has 3 aromatic rings. The summed E-state index contributed by atoms with van der Waals surface area (Å²) in [4.78, 5) is 44.4. The predicted octanol–water partition coefficient (Wildman–Crippen LogP) is 3.90. The van der Waals surface area contributed by atoms with Gasteiger partial charge in [0.15, 0.2) is 17.4 Å². The van der Waals surface area contributed by atoms with Crippen molar-refractivity contribution in [3.05, 3.63) is 70.7 Å². The lowest BCUT2D eigenvalue weighted by Crippen LogP contribution is -2.36. The van der Waals surface area contributed by atoms with E-state index in [1.807, 2.05) is 0 Å². The van der Waals surface area contributed by atoms with Crippen molar-refractivity contribution >= 4 is 17.7 Å². The van der Waals surface area contributed by atoms with Crippen LogP contribution in [0.3, 0.4) is 0 Å². The number of nitrogens with one attached hydrogen (secondary N) is 2. The zero-order chi connectivity index (χ0) is 27.9. The lowest BCUT2D eigenvalue weighted by molar-refractivity contribution is -0.121. The molecule has 0 aliphatic carbocycles. The number of carbonyl (C=O) groups excluding carboxylic acids is 3. The molecule has 0 atom stereocenters. The number of aromatic nitrogens is 1. The number of carbonyl (C=O) groups is 3. The first kappa shape index (κ1) is 27.6. The Kier molecular flexibility index (Phi) is 8.80. The Bertz CT molecular complexity index is 1370. The highest BCUT2D eigenvalue weighted by Gasteiger charge is 2.23. The van der Waals surface area contributed by atoms with E-state index in [0.29, 0.717) is 43.1 Å². The highest BCUT2D eigenvalue weighted by molar-refractivity contribution is 5.95. The fourth-order valence-electron chi connectivity index (χ4n) is 4.29. The van der Waals surface area contributed by atoms with Gasteiger partial charge in [-0.1, -0.05) is 6.07 Å². The van der Waals surface area contributed by atoms with E-state index < -0.39 is 5.82 Å². The van der Waals surface area contributed by atoms with Crippen LogP contribution in [0.4, 0.5) is 4.39 Å². The summed E-state index contributed by atoms with van der Waals surface area (Å²) in [7, 11) is 1.44. The first-order valence-corrected chi connectivity index (χ1v) is 12.7. The molecule has 0 saturated heterocycles. The van der Waals surface area contributed by atoms with Crippen LogP contribution in [0.2, 0.25) is 0 Å². The van der Waals surface area contributed by atoms with Gasteiger partial charge in [0.1, 0.15) is 11.6 Å². The summed E-state index contributed by atoms with van der Waals surface area (Å²) in [5, 5.41) is 5.58. The maximum atomic E-state index is 14.7. The summed E-state index contributed by atoms with van der Waals surface area (Å²) >= 11 is 0. The van der Waals surface area contributed by atoms with Gasteiger partial charge in [0.05, 0.1) is 12.8 Å². The van der Waals surface area contributed by atoms with Crippen LogP contribution in [0.15, 0.2) is 40.8 Å². The van der Waals surface area contributed by atoms with Crippen molar-refractivity contribution in [1.82, 2.24) is 20.5 Å². The number of oxazole rings is 1. The number of aryl methyl sites for hydroxylation is 2. The minimum Gasteiger partial charge on any atom is -0.493 e. The number of ether oxygens (including phenoxy) is 2. The second kappa shape index (κ2) is 12.4. The highest BCUT2D eigenvalue weighted by Crippen LogP contribution is 2.34. The van der Waals surface area contributed by atoms with E-state index in [9.17, 15) is 18.8 Å². The van der Waals surface area contributed by atoms with Crippen molar-refractivity contribution in [2.75, 3.05) is 26.7 Å². The van der Waals surface area contributed by atoms with Crippen molar-refractivity contribution in [3.63, 3.8) is 0 Å². The Balaban J connectivity index is 1.59. The fourth-order valence-corrected chi connectivity index (χ4v) is 4.29. The number of nitrogens with zero attached hydrogens (tertiary/aromatic N) is 2. The van der Waals surface area contributed by atoms with Crippen molar-refractivity contribution in [2.24, 2.45) is 0 Å². The second-order valence-corrected chi connectivity index (χ2v) is 9.11. The van der Waals surface area contributed by atoms with Crippen molar-refractivity contribution in [1.29, 1.82) is 0 Å². The normalized spacial score (nSPS) is 15.2. The Morgan fingerprint density at radius 1 is 1.08 bits per heavy atom. The first-order valence-electron chi connectivity index (χ1n) is 12.7. The molecule has 2 aliphatic rings. The van der Waals surface area contributed by atoms with Gasteiger partial charge in [0, 0.05) is 50.7 Å². The maximum absolute atomic E-state index is 14.7. The van der Waals surface area contributed by atoms with Gasteiger partial charge in [-0.3, -0.25) is 14.4 Å². The zero-order valence-electron chi connectivity index (χ0n) is 22.1.